The first-order chi connectivity index (χ1) is 9.78. The maximum atomic E-state index is 9.75. The van der Waals surface area contributed by atoms with E-state index in [0.717, 1.165) is 25.7 Å². The van der Waals surface area contributed by atoms with Crippen LogP contribution < -0.4 is 5.32 Å². The molecule has 0 aromatic rings. The summed E-state index contributed by atoms with van der Waals surface area (Å²) in [5, 5.41) is 13.4. The summed E-state index contributed by atoms with van der Waals surface area (Å²) in [5.41, 5.74) is -0.110. The first kappa shape index (κ1) is 16.2. The molecule has 0 aromatic heterocycles. The van der Waals surface area contributed by atoms with Gasteiger partial charge in [-0.2, -0.15) is 0 Å². The summed E-state index contributed by atoms with van der Waals surface area (Å²) in [6.45, 7) is 2.70. The summed E-state index contributed by atoms with van der Waals surface area (Å²) in [4.78, 5) is 0. The van der Waals surface area contributed by atoms with Crippen molar-refractivity contribution >= 4 is 0 Å². The van der Waals surface area contributed by atoms with Gasteiger partial charge in [-0.1, -0.05) is 0 Å². The topological polar surface area (TPSA) is 60.0 Å². The molecule has 0 amide bonds. The molecule has 0 saturated heterocycles. The molecule has 0 bridgehead atoms. The zero-order valence-corrected chi connectivity index (χ0v) is 12.6. The molecule has 2 rings (SSSR count). The number of methoxy groups -OCH3 is 1. The highest BCUT2D eigenvalue weighted by molar-refractivity contribution is 4.99. The third-order valence-corrected chi connectivity index (χ3v) is 4.20. The molecule has 0 heterocycles. The Labute approximate surface area is 122 Å². The second-order valence-electron chi connectivity index (χ2n) is 6.05. The molecule has 2 atom stereocenters. The van der Waals surface area contributed by atoms with Gasteiger partial charge in [0.05, 0.1) is 39.1 Å². The third-order valence-electron chi connectivity index (χ3n) is 4.20. The van der Waals surface area contributed by atoms with Crippen molar-refractivity contribution in [1.82, 2.24) is 5.32 Å². The number of nitrogens with one attached hydrogen (secondary N) is 1. The van der Waals surface area contributed by atoms with Crippen LogP contribution in [0.1, 0.15) is 38.5 Å². The number of aliphatic hydroxyl groups is 1. The van der Waals surface area contributed by atoms with E-state index in [1.807, 2.05) is 0 Å². The van der Waals surface area contributed by atoms with Gasteiger partial charge in [0.25, 0.3) is 0 Å². The molecule has 2 saturated carbocycles. The zero-order valence-electron chi connectivity index (χ0n) is 12.6. The number of hydrogen-bond acceptors (Lipinski definition) is 5. The molecule has 2 aliphatic rings. The average molecular weight is 287 g/mol. The lowest BCUT2D eigenvalue weighted by atomic mass is 9.80. The van der Waals surface area contributed by atoms with Crippen LogP contribution in [-0.4, -0.2) is 62.9 Å². The van der Waals surface area contributed by atoms with E-state index in [-0.39, 0.29) is 18.2 Å². The first-order valence-corrected chi connectivity index (χ1v) is 7.85. The predicted octanol–water partition coefficient (Wildman–Crippen LogP) is 1.09. The van der Waals surface area contributed by atoms with E-state index in [0.29, 0.717) is 32.5 Å². The van der Waals surface area contributed by atoms with Gasteiger partial charge in [0.2, 0.25) is 0 Å². The zero-order chi connectivity index (χ0) is 14.3. The first-order valence-electron chi connectivity index (χ1n) is 7.85. The van der Waals surface area contributed by atoms with Gasteiger partial charge in [-0.3, -0.25) is 0 Å². The van der Waals surface area contributed by atoms with Gasteiger partial charge in [0.15, 0.2) is 0 Å². The van der Waals surface area contributed by atoms with Crippen LogP contribution in [0.4, 0.5) is 0 Å². The van der Waals surface area contributed by atoms with Crippen molar-refractivity contribution in [2.45, 2.75) is 56.2 Å². The molecule has 2 fully saturated rings. The largest absolute Gasteiger partial charge is 0.394 e. The minimum absolute atomic E-state index is 0.110. The van der Waals surface area contributed by atoms with Crippen LogP contribution in [-0.2, 0) is 14.2 Å². The Morgan fingerprint density at radius 2 is 1.95 bits per heavy atom. The highest BCUT2D eigenvalue weighted by Crippen LogP contribution is 2.33. The van der Waals surface area contributed by atoms with Crippen LogP contribution in [0.15, 0.2) is 0 Å². The molecule has 5 heteroatoms. The Morgan fingerprint density at radius 3 is 2.65 bits per heavy atom. The molecule has 0 radical (unpaired) electrons. The van der Waals surface area contributed by atoms with Crippen molar-refractivity contribution in [3.05, 3.63) is 0 Å². The van der Waals surface area contributed by atoms with Crippen LogP contribution >= 0.6 is 0 Å². The second-order valence-corrected chi connectivity index (χ2v) is 6.05. The summed E-state index contributed by atoms with van der Waals surface area (Å²) in [6, 6.07) is 0.623. The van der Waals surface area contributed by atoms with Crippen molar-refractivity contribution in [3.63, 3.8) is 0 Å². The Hall–Kier alpha value is -0.200. The molecule has 2 N–H and O–H groups in total. The molecule has 2 unspecified atom stereocenters. The van der Waals surface area contributed by atoms with E-state index in [2.05, 4.69) is 5.32 Å². The van der Waals surface area contributed by atoms with Crippen molar-refractivity contribution in [1.29, 1.82) is 0 Å². The summed E-state index contributed by atoms with van der Waals surface area (Å²) >= 11 is 0. The Kier molecular flexibility index (Phi) is 6.71. The highest BCUT2D eigenvalue weighted by atomic mass is 16.5. The minimum atomic E-state index is -0.110. The smallest absolute Gasteiger partial charge is 0.0704 e. The van der Waals surface area contributed by atoms with Crippen molar-refractivity contribution in [2.75, 3.05) is 40.1 Å². The highest BCUT2D eigenvalue weighted by Gasteiger charge is 2.40. The Bertz CT molecular complexity index is 273. The summed E-state index contributed by atoms with van der Waals surface area (Å²) < 4.78 is 16.2. The van der Waals surface area contributed by atoms with E-state index < -0.39 is 0 Å². The number of ether oxygens (including phenoxy) is 3. The van der Waals surface area contributed by atoms with Crippen molar-refractivity contribution < 1.29 is 19.3 Å². The normalized spacial score (nSPS) is 30.6. The van der Waals surface area contributed by atoms with Gasteiger partial charge in [0, 0.05) is 18.7 Å². The summed E-state index contributed by atoms with van der Waals surface area (Å²) in [6.07, 6.45) is 6.93. The van der Waals surface area contributed by atoms with Crippen LogP contribution in [0.5, 0.6) is 0 Å². The molecule has 118 valence electrons. The second kappa shape index (κ2) is 8.29. The van der Waals surface area contributed by atoms with E-state index in [1.54, 1.807) is 7.11 Å². The lowest BCUT2D eigenvalue weighted by molar-refractivity contribution is -0.0422. The van der Waals surface area contributed by atoms with Gasteiger partial charge in [-0.05, 0) is 38.5 Å². The van der Waals surface area contributed by atoms with Gasteiger partial charge in [0.1, 0.15) is 0 Å². The molecule has 0 aliphatic heterocycles. The van der Waals surface area contributed by atoms with Crippen LogP contribution in [0.3, 0.4) is 0 Å². The standard InChI is InChI=1S/C15H29NO4/c1-18-7-8-19-9-10-20-14-3-2-6-15(11-14,12-17)16-13-4-5-13/h13-14,16-17H,2-12H2,1H3. The fourth-order valence-corrected chi connectivity index (χ4v) is 2.95. The molecule has 2 aliphatic carbocycles. The Balaban J connectivity index is 1.64. The Morgan fingerprint density at radius 1 is 1.15 bits per heavy atom. The maximum Gasteiger partial charge on any atom is 0.0704 e. The number of aliphatic hydroxyl groups excluding tert-OH is 1. The quantitative estimate of drug-likeness (QED) is 0.589. The van der Waals surface area contributed by atoms with Gasteiger partial charge in [-0.25, -0.2) is 0 Å². The lowest BCUT2D eigenvalue weighted by Gasteiger charge is -2.40. The minimum Gasteiger partial charge on any atom is -0.394 e. The molecular weight excluding hydrogens is 258 g/mol. The van der Waals surface area contributed by atoms with Crippen LogP contribution in [0.25, 0.3) is 0 Å². The van der Waals surface area contributed by atoms with Crippen LogP contribution in [0, 0.1) is 0 Å². The average Bonchev–Trinajstić information content (AvgIpc) is 3.27. The van der Waals surface area contributed by atoms with E-state index >= 15 is 0 Å². The molecular formula is C15H29NO4. The molecule has 0 aromatic carbocycles. The van der Waals surface area contributed by atoms with Gasteiger partial charge < -0.3 is 24.6 Å². The predicted molar refractivity (Wildman–Crippen MR) is 76.9 cm³/mol. The summed E-state index contributed by atoms with van der Waals surface area (Å²) in [7, 11) is 1.67. The monoisotopic (exact) mass is 287 g/mol. The lowest BCUT2D eigenvalue weighted by Crippen LogP contribution is -2.54. The van der Waals surface area contributed by atoms with Crippen LogP contribution in [0.2, 0.25) is 0 Å². The fraction of sp³-hybridized carbons (Fsp3) is 1.00. The SMILES string of the molecule is COCCOCCOC1CCCC(CO)(NC2CC2)C1. The third kappa shape index (κ3) is 5.30. The van der Waals surface area contributed by atoms with E-state index in [9.17, 15) is 5.11 Å². The van der Waals surface area contributed by atoms with Gasteiger partial charge >= 0.3 is 0 Å². The number of rotatable bonds is 10. The molecule has 0 spiro atoms. The molecule has 5 nitrogen and oxygen atoms in total. The fourth-order valence-electron chi connectivity index (χ4n) is 2.95. The van der Waals surface area contributed by atoms with E-state index in [1.165, 1.54) is 12.8 Å². The summed E-state index contributed by atoms with van der Waals surface area (Å²) in [5.74, 6) is 0. The number of hydrogen-bond donors (Lipinski definition) is 2. The van der Waals surface area contributed by atoms with Gasteiger partial charge in [-0.15, -0.1) is 0 Å². The molecule has 20 heavy (non-hydrogen) atoms. The maximum absolute atomic E-state index is 9.75. The van der Waals surface area contributed by atoms with Crippen molar-refractivity contribution in [3.8, 4) is 0 Å². The van der Waals surface area contributed by atoms with Crippen molar-refractivity contribution in [2.24, 2.45) is 0 Å². The van der Waals surface area contributed by atoms with E-state index in [4.69, 9.17) is 14.2 Å².